The predicted octanol–water partition coefficient (Wildman–Crippen LogP) is 5.48. The van der Waals surface area contributed by atoms with Crippen LogP contribution in [0.4, 0.5) is 0 Å². The molecule has 22 heavy (non-hydrogen) atoms. The van der Waals surface area contributed by atoms with Gasteiger partial charge in [0.15, 0.2) is 0 Å². The lowest BCUT2D eigenvalue weighted by molar-refractivity contribution is 0.0532. The molecule has 0 fully saturated rings. The van der Waals surface area contributed by atoms with Crippen LogP contribution in [0.3, 0.4) is 0 Å². The van der Waals surface area contributed by atoms with E-state index >= 15 is 0 Å². The molecular formula is C20H40O2. The van der Waals surface area contributed by atoms with Gasteiger partial charge in [-0.15, -0.1) is 0 Å². The molecule has 0 aromatic carbocycles. The minimum absolute atomic E-state index is 0.0579. The van der Waals surface area contributed by atoms with Crippen LogP contribution in [0.5, 0.6) is 0 Å². The van der Waals surface area contributed by atoms with Crippen molar-refractivity contribution in [3.8, 4) is 0 Å². The van der Waals surface area contributed by atoms with Crippen LogP contribution in [-0.2, 0) is 0 Å². The molecule has 0 saturated carbocycles. The Hall–Kier alpha value is -0.340. The number of allylic oxidation sites excluding steroid dienone is 2. The van der Waals surface area contributed by atoms with Crippen molar-refractivity contribution < 1.29 is 10.2 Å². The number of aliphatic hydroxyl groups is 2. The van der Waals surface area contributed by atoms with Crippen molar-refractivity contribution in [1.82, 2.24) is 0 Å². The summed E-state index contributed by atoms with van der Waals surface area (Å²) in [6.45, 7) is 8.92. The Balaban J connectivity index is 3.83. The maximum atomic E-state index is 10.2. The van der Waals surface area contributed by atoms with Gasteiger partial charge in [0.2, 0.25) is 0 Å². The lowest BCUT2D eigenvalue weighted by Gasteiger charge is -2.21. The molecule has 0 amide bonds. The molecule has 0 saturated heterocycles. The van der Waals surface area contributed by atoms with Gasteiger partial charge in [-0.3, -0.25) is 0 Å². The average Bonchev–Trinajstić information content (AvgIpc) is 2.46. The normalized spacial score (nSPS) is 15.3. The molecule has 0 aromatic heterocycles. The highest BCUT2D eigenvalue weighted by Gasteiger charge is 2.17. The second kappa shape index (κ2) is 14.3. The molecule has 0 spiro atoms. The molecular weight excluding hydrogens is 272 g/mol. The van der Waals surface area contributed by atoms with E-state index < -0.39 is 0 Å². The van der Waals surface area contributed by atoms with E-state index in [2.05, 4.69) is 33.8 Å². The lowest BCUT2D eigenvalue weighted by atomic mass is 9.91. The van der Waals surface area contributed by atoms with E-state index in [-0.39, 0.29) is 18.6 Å². The van der Waals surface area contributed by atoms with Crippen LogP contribution in [0, 0.1) is 11.8 Å². The fraction of sp³-hybridized carbons (Fsp3) is 0.900. The third kappa shape index (κ3) is 12.2. The van der Waals surface area contributed by atoms with E-state index in [0.29, 0.717) is 5.92 Å². The molecule has 2 atom stereocenters. The quantitative estimate of drug-likeness (QED) is 0.329. The van der Waals surface area contributed by atoms with Crippen molar-refractivity contribution in [2.45, 2.75) is 98.0 Å². The predicted molar refractivity (Wildman–Crippen MR) is 97.0 cm³/mol. The smallest absolute Gasteiger partial charge is 0.0590 e. The van der Waals surface area contributed by atoms with Crippen LogP contribution < -0.4 is 0 Å². The number of unbranched alkanes of at least 4 members (excludes halogenated alkanes) is 5. The molecule has 0 aliphatic carbocycles. The molecule has 0 aromatic rings. The molecule has 0 aliphatic rings. The van der Waals surface area contributed by atoms with Crippen LogP contribution in [0.1, 0.15) is 91.9 Å². The van der Waals surface area contributed by atoms with Crippen LogP contribution in [0.25, 0.3) is 0 Å². The summed E-state index contributed by atoms with van der Waals surface area (Å²) >= 11 is 0. The van der Waals surface area contributed by atoms with Gasteiger partial charge >= 0.3 is 0 Å². The summed E-state index contributed by atoms with van der Waals surface area (Å²) in [5.41, 5.74) is 1.43. The van der Waals surface area contributed by atoms with E-state index in [4.69, 9.17) is 0 Å². The molecule has 2 unspecified atom stereocenters. The minimum atomic E-state index is -0.328. The number of aliphatic hydroxyl groups excluding tert-OH is 2. The van der Waals surface area contributed by atoms with E-state index in [1.165, 1.54) is 37.7 Å². The second-order valence-corrected chi connectivity index (χ2v) is 7.22. The van der Waals surface area contributed by atoms with Crippen molar-refractivity contribution in [3.63, 3.8) is 0 Å². The first-order chi connectivity index (χ1) is 10.5. The Kier molecular flexibility index (Phi) is 14.0. The Labute approximate surface area is 139 Å². The molecule has 2 heteroatoms. The third-order valence-electron chi connectivity index (χ3n) is 4.40. The van der Waals surface area contributed by atoms with Crippen LogP contribution in [0.2, 0.25) is 0 Å². The van der Waals surface area contributed by atoms with Gasteiger partial charge in [0, 0.05) is 12.5 Å². The molecule has 0 aliphatic heterocycles. The number of rotatable bonds is 14. The first kappa shape index (κ1) is 21.7. The molecule has 2 N–H and O–H groups in total. The number of hydrogen-bond donors (Lipinski definition) is 2. The second-order valence-electron chi connectivity index (χ2n) is 7.22. The average molecular weight is 313 g/mol. The molecule has 132 valence electrons. The maximum Gasteiger partial charge on any atom is 0.0590 e. The van der Waals surface area contributed by atoms with Gasteiger partial charge in [0.25, 0.3) is 0 Å². The zero-order valence-electron chi connectivity index (χ0n) is 15.5. The van der Waals surface area contributed by atoms with Crippen LogP contribution >= 0.6 is 0 Å². The summed E-state index contributed by atoms with van der Waals surface area (Å²) in [6, 6.07) is 0. The van der Waals surface area contributed by atoms with E-state index in [0.717, 1.165) is 32.1 Å². The standard InChI is InChI=1S/C20H40O2/c1-5-6-7-8-9-10-14-20(22)19(16-21)13-11-12-18(4)15-17(2)3/h15,17,19-22H,5-14,16H2,1-4H3. The van der Waals surface area contributed by atoms with Gasteiger partial charge in [0.1, 0.15) is 0 Å². The van der Waals surface area contributed by atoms with Gasteiger partial charge in [0.05, 0.1) is 6.10 Å². The first-order valence-electron chi connectivity index (χ1n) is 9.47. The molecule has 0 heterocycles. The molecule has 2 nitrogen and oxygen atoms in total. The van der Waals surface area contributed by atoms with E-state index in [1.807, 2.05) is 0 Å². The number of hydrogen-bond acceptors (Lipinski definition) is 2. The van der Waals surface area contributed by atoms with Crippen molar-refractivity contribution in [2.24, 2.45) is 11.8 Å². The zero-order valence-corrected chi connectivity index (χ0v) is 15.5. The van der Waals surface area contributed by atoms with Crippen molar-refractivity contribution in [3.05, 3.63) is 11.6 Å². The van der Waals surface area contributed by atoms with Gasteiger partial charge in [-0.05, 0) is 38.5 Å². The van der Waals surface area contributed by atoms with Crippen molar-refractivity contribution in [1.29, 1.82) is 0 Å². The van der Waals surface area contributed by atoms with Crippen molar-refractivity contribution in [2.75, 3.05) is 6.61 Å². The summed E-state index contributed by atoms with van der Waals surface area (Å²) in [7, 11) is 0. The summed E-state index contributed by atoms with van der Waals surface area (Å²) in [4.78, 5) is 0. The summed E-state index contributed by atoms with van der Waals surface area (Å²) < 4.78 is 0. The highest BCUT2D eigenvalue weighted by molar-refractivity contribution is 4.99. The Bertz CT molecular complexity index is 271. The van der Waals surface area contributed by atoms with Gasteiger partial charge in [-0.2, -0.15) is 0 Å². The lowest BCUT2D eigenvalue weighted by Crippen LogP contribution is -2.23. The maximum absolute atomic E-state index is 10.2. The highest BCUT2D eigenvalue weighted by Crippen LogP contribution is 2.20. The topological polar surface area (TPSA) is 40.5 Å². The monoisotopic (exact) mass is 312 g/mol. The van der Waals surface area contributed by atoms with Gasteiger partial charge < -0.3 is 10.2 Å². The summed E-state index contributed by atoms with van der Waals surface area (Å²) in [5, 5.41) is 19.8. The SMILES string of the molecule is CCCCCCCCC(O)C(CO)CCCC(C)=CC(C)C. The molecule has 0 rings (SSSR count). The first-order valence-corrected chi connectivity index (χ1v) is 9.47. The fourth-order valence-electron chi connectivity index (χ4n) is 3.07. The van der Waals surface area contributed by atoms with E-state index in [9.17, 15) is 10.2 Å². The summed E-state index contributed by atoms with van der Waals surface area (Å²) in [5.74, 6) is 0.662. The Morgan fingerprint density at radius 3 is 2.18 bits per heavy atom. The third-order valence-corrected chi connectivity index (χ3v) is 4.40. The van der Waals surface area contributed by atoms with Gasteiger partial charge in [-0.25, -0.2) is 0 Å². The van der Waals surface area contributed by atoms with Gasteiger partial charge in [-0.1, -0.05) is 70.9 Å². The Morgan fingerprint density at radius 2 is 1.59 bits per heavy atom. The highest BCUT2D eigenvalue weighted by atomic mass is 16.3. The fourth-order valence-corrected chi connectivity index (χ4v) is 3.07. The Morgan fingerprint density at radius 1 is 0.955 bits per heavy atom. The van der Waals surface area contributed by atoms with E-state index in [1.54, 1.807) is 0 Å². The van der Waals surface area contributed by atoms with Crippen LogP contribution in [-0.4, -0.2) is 22.9 Å². The summed E-state index contributed by atoms with van der Waals surface area (Å²) in [6.07, 6.45) is 13.4. The molecule has 0 radical (unpaired) electrons. The van der Waals surface area contributed by atoms with Crippen LogP contribution in [0.15, 0.2) is 11.6 Å². The minimum Gasteiger partial charge on any atom is -0.396 e. The zero-order chi connectivity index (χ0) is 16.8. The largest absolute Gasteiger partial charge is 0.396 e. The van der Waals surface area contributed by atoms with Crippen molar-refractivity contribution >= 4 is 0 Å². The molecule has 0 bridgehead atoms.